The maximum Gasteiger partial charge on any atom is 0.410 e. The Labute approximate surface area is 126 Å². The maximum atomic E-state index is 12.3. The van der Waals surface area contributed by atoms with Crippen LogP contribution in [0, 0.1) is 6.92 Å². The molecule has 1 aromatic carbocycles. The molecular weight excluding hydrogens is 266 g/mol. The fourth-order valence-electron chi connectivity index (χ4n) is 3.23. The van der Waals surface area contributed by atoms with Gasteiger partial charge in [0.25, 0.3) is 0 Å². The van der Waals surface area contributed by atoms with Gasteiger partial charge in [-0.2, -0.15) is 0 Å². The molecule has 0 saturated carbocycles. The normalized spacial score (nSPS) is 24.1. The number of likely N-dealkylation sites (tertiary alicyclic amines) is 1. The van der Waals surface area contributed by atoms with Crippen molar-refractivity contribution in [2.24, 2.45) is 0 Å². The van der Waals surface area contributed by atoms with Gasteiger partial charge in [-0.25, -0.2) is 4.79 Å². The standard InChI is InChI=1S/C17H23NO3/c1-11-5-6-15-13(9-11)12-7-8-18(14(12)10-20-15)16(19)21-17(2,3)4/h5-6,9,12,14H,7-8,10H2,1-4H3. The van der Waals surface area contributed by atoms with E-state index in [0.717, 1.165) is 18.7 Å². The molecule has 0 aromatic heterocycles. The van der Waals surface area contributed by atoms with Crippen molar-refractivity contribution in [1.29, 1.82) is 0 Å². The summed E-state index contributed by atoms with van der Waals surface area (Å²) < 4.78 is 11.4. The van der Waals surface area contributed by atoms with E-state index in [-0.39, 0.29) is 12.1 Å². The first-order valence-corrected chi connectivity index (χ1v) is 7.58. The van der Waals surface area contributed by atoms with E-state index in [9.17, 15) is 4.79 Å². The van der Waals surface area contributed by atoms with E-state index in [1.54, 1.807) is 0 Å². The van der Waals surface area contributed by atoms with Gasteiger partial charge in [0.1, 0.15) is 18.0 Å². The van der Waals surface area contributed by atoms with Crippen LogP contribution in [0.15, 0.2) is 18.2 Å². The number of carbonyl (C=O) groups excluding carboxylic acids is 1. The monoisotopic (exact) mass is 289 g/mol. The molecule has 4 heteroatoms. The lowest BCUT2D eigenvalue weighted by Crippen LogP contribution is -2.45. The molecule has 2 atom stereocenters. The first kappa shape index (κ1) is 14.2. The smallest absolute Gasteiger partial charge is 0.410 e. The summed E-state index contributed by atoms with van der Waals surface area (Å²) in [5, 5.41) is 0. The van der Waals surface area contributed by atoms with Gasteiger partial charge in [0.2, 0.25) is 0 Å². The third kappa shape index (κ3) is 2.71. The SMILES string of the molecule is Cc1ccc2c(c1)C1CCN(C(=O)OC(C)(C)C)C1CO2. The molecule has 1 fully saturated rings. The highest BCUT2D eigenvalue weighted by Crippen LogP contribution is 2.42. The molecule has 114 valence electrons. The number of hydrogen-bond donors (Lipinski definition) is 0. The molecule has 0 N–H and O–H groups in total. The predicted octanol–water partition coefficient (Wildman–Crippen LogP) is 3.48. The first-order valence-electron chi connectivity index (χ1n) is 7.58. The highest BCUT2D eigenvalue weighted by atomic mass is 16.6. The number of amides is 1. The van der Waals surface area contributed by atoms with Crippen LogP contribution in [0.25, 0.3) is 0 Å². The zero-order chi connectivity index (χ0) is 15.2. The Kier molecular flexibility index (Phi) is 3.34. The minimum atomic E-state index is -0.459. The van der Waals surface area contributed by atoms with Crippen LogP contribution in [0.1, 0.15) is 44.2 Å². The molecule has 1 saturated heterocycles. The zero-order valence-corrected chi connectivity index (χ0v) is 13.2. The number of fused-ring (bicyclic) bond motifs is 3. The van der Waals surface area contributed by atoms with Crippen molar-refractivity contribution in [1.82, 2.24) is 4.90 Å². The van der Waals surface area contributed by atoms with Gasteiger partial charge in [0.15, 0.2) is 0 Å². The molecule has 1 aromatic rings. The summed E-state index contributed by atoms with van der Waals surface area (Å²) in [6.07, 6.45) is 0.749. The Balaban J connectivity index is 1.82. The summed E-state index contributed by atoms with van der Waals surface area (Å²) in [5.41, 5.74) is 2.00. The lowest BCUT2D eigenvalue weighted by atomic mass is 9.88. The summed E-state index contributed by atoms with van der Waals surface area (Å²) in [5.74, 6) is 1.33. The predicted molar refractivity (Wildman–Crippen MR) is 80.8 cm³/mol. The molecule has 2 aliphatic rings. The van der Waals surface area contributed by atoms with Crippen molar-refractivity contribution >= 4 is 6.09 Å². The van der Waals surface area contributed by atoms with Crippen molar-refractivity contribution in [2.75, 3.05) is 13.2 Å². The van der Waals surface area contributed by atoms with Crippen LogP contribution in [0.3, 0.4) is 0 Å². The Hall–Kier alpha value is -1.71. The molecular formula is C17H23NO3. The Morgan fingerprint density at radius 3 is 2.86 bits per heavy atom. The highest BCUT2D eigenvalue weighted by molar-refractivity contribution is 5.69. The lowest BCUT2D eigenvalue weighted by molar-refractivity contribution is 0.0164. The van der Waals surface area contributed by atoms with Crippen molar-refractivity contribution < 1.29 is 14.3 Å². The van der Waals surface area contributed by atoms with E-state index >= 15 is 0 Å². The Morgan fingerprint density at radius 1 is 1.38 bits per heavy atom. The van der Waals surface area contributed by atoms with Crippen LogP contribution < -0.4 is 4.74 Å². The van der Waals surface area contributed by atoms with Crippen molar-refractivity contribution in [2.45, 2.75) is 51.7 Å². The minimum Gasteiger partial charge on any atom is -0.491 e. The molecule has 0 aliphatic carbocycles. The minimum absolute atomic E-state index is 0.0918. The number of aryl methyl sites for hydroxylation is 1. The van der Waals surface area contributed by atoms with Crippen LogP contribution in [-0.4, -0.2) is 35.8 Å². The molecule has 3 rings (SSSR count). The van der Waals surface area contributed by atoms with Gasteiger partial charge in [-0.3, -0.25) is 0 Å². The van der Waals surface area contributed by atoms with E-state index in [1.807, 2.05) is 31.7 Å². The second-order valence-corrected chi connectivity index (χ2v) is 6.99. The zero-order valence-electron chi connectivity index (χ0n) is 13.2. The first-order chi connectivity index (χ1) is 9.85. The molecule has 2 unspecified atom stereocenters. The second kappa shape index (κ2) is 4.93. The molecule has 4 nitrogen and oxygen atoms in total. The average molecular weight is 289 g/mol. The van der Waals surface area contributed by atoms with Gasteiger partial charge in [0, 0.05) is 12.5 Å². The molecule has 0 radical (unpaired) electrons. The third-order valence-electron chi connectivity index (χ3n) is 4.15. The summed E-state index contributed by atoms with van der Waals surface area (Å²) in [6.45, 7) is 9.07. The van der Waals surface area contributed by atoms with E-state index in [1.165, 1.54) is 11.1 Å². The fourth-order valence-corrected chi connectivity index (χ4v) is 3.23. The van der Waals surface area contributed by atoms with Crippen LogP contribution in [-0.2, 0) is 4.74 Å². The van der Waals surface area contributed by atoms with Gasteiger partial charge >= 0.3 is 6.09 Å². The van der Waals surface area contributed by atoms with E-state index < -0.39 is 5.60 Å². The van der Waals surface area contributed by atoms with Crippen LogP contribution in [0.4, 0.5) is 4.79 Å². The van der Waals surface area contributed by atoms with Crippen molar-refractivity contribution in [3.05, 3.63) is 29.3 Å². The second-order valence-electron chi connectivity index (χ2n) is 6.99. The summed E-state index contributed by atoms with van der Waals surface area (Å²) in [4.78, 5) is 14.2. The van der Waals surface area contributed by atoms with Crippen molar-refractivity contribution in [3.63, 3.8) is 0 Å². The van der Waals surface area contributed by atoms with Crippen LogP contribution >= 0.6 is 0 Å². The molecule has 0 bridgehead atoms. The van der Waals surface area contributed by atoms with Gasteiger partial charge in [0.05, 0.1) is 6.04 Å². The maximum absolute atomic E-state index is 12.3. The van der Waals surface area contributed by atoms with E-state index in [0.29, 0.717) is 12.5 Å². The summed E-state index contributed by atoms with van der Waals surface area (Å²) >= 11 is 0. The van der Waals surface area contributed by atoms with Gasteiger partial charge in [-0.05, 0) is 45.7 Å². The number of benzene rings is 1. The quantitative estimate of drug-likeness (QED) is 0.734. The van der Waals surface area contributed by atoms with Crippen molar-refractivity contribution in [3.8, 4) is 5.75 Å². The number of hydrogen-bond acceptors (Lipinski definition) is 3. The molecule has 0 spiro atoms. The number of carbonyl (C=O) groups is 1. The molecule has 21 heavy (non-hydrogen) atoms. The average Bonchev–Trinajstić information content (AvgIpc) is 2.80. The Morgan fingerprint density at radius 2 is 2.14 bits per heavy atom. The third-order valence-corrected chi connectivity index (χ3v) is 4.15. The fraction of sp³-hybridized carbons (Fsp3) is 0.588. The molecule has 1 amide bonds. The van der Waals surface area contributed by atoms with E-state index in [2.05, 4.69) is 19.1 Å². The largest absolute Gasteiger partial charge is 0.491 e. The van der Waals surface area contributed by atoms with Gasteiger partial charge in [-0.1, -0.05) is 17.7 Å². The number of nitrogens with zero attached hydrogens (tertiary/aromatic N) is 1. The summed E-state index contributed by atoms with van der Waals surface area (Å²) in [6, 6.07) is 6.38. The lowest BCUT2D eigenvalue weighted by Gasteiger charge is -2.34. The Bertz CT molecular complexity index is 562. The van der Waals surface area contributed by atoms with E-state index in [4.69, 9.17) is 9.47 Å². The highest BCUT2D eigenvalue weighted by Gasteiger charge is 2.43. The molecule has 2 heterocycles. The van der Waals surface area contributed by atoms with Gasteiger partial charge < -0.3 is 14.4 Å². The molecule has 2 aliphatic heterocycles. The topological polar surface area (TPSA) is 38.8 Å². The van der Waals surface area contributed by atoms with Gasteiger partial charge in [-0.15, -0.1) is 0 Å². The summed E-state index contributed by atoms with van der Waals surface area (Å²) in [7, 11) is 0. The van der Waals surface area contributed by atoms with Crippen LogP contribution in [0.5, 0.6) is 5.75 Å². The number of ether oxygens (including phenoxy) is 2. The number of rotatable bonds is 0. The van der Waals surface area contributed by atoms with Crippen LogP contribution in [0.2, 0.25) is 0 Å².